The second kappa shape index (κ2) is 6.59. The Kier molecular flexibility index (Phi) is 5.06. The molecule has 2 atom stereocenters. The van der Waals surface area contributed by atoms with Crippen LogP contribution in [0.15, 0.2) is 24.3 Å². The summed E-state index contributed by atoms with van der Waals surface area (Å²) < 4.78 is 0. The van der Waals surface area contributed by atoms with Crippen LogP contribution in [0.2, 0.25) is 0 Å². The molecule has 0 radical (unpaired) electrons. The molecule has 0 saturated heterocycles. The number of anilines is 1. The fourth-order valence-electron chi connectivity index (χ4n) is 3.49. The fourth-order valence-corrected chi connectivity index (χ4v) is 3.49. The highest BCUT2D eigenvalue weighted by Gasteiger charge is 2.39. The summed E-state index contributed by atoms with van der Waals surface area (Å²) in [4.78, 5) is 2.41. The van der Waals surface area contributed by atoms with E-state index in [0.29, 0.717) is 12.5 Å². The van der Waals surface area contributed by atoms with E-state index < -0.39 is 5.60 Å². The van der Waals surface area contributed by atoms with Crippen LogP contribution in [0, 0.1) is 12.8 Å². The third-order valence-corrected chi connectivity index (χ3v) is 4.86. The van der Waals surface area contributed by atoms with Crippen LogP contribution in [0.1, 0.15) is 38.2 Å². The molecular formula is C17H28N2O. The molecular weight excluding hydrogens is 248 g/mol. The quantitative estimate of drug-likeness (QED) is 0.840. The number of nitrogens with zero attached hydrogens (tertiary/aromatic N) is 1. The zero-order chi connectivity index (χ0) is 14.6. The van der Waals surface area contributed by atoms with Crippen LogP contribution in [0.4, 0.5) is 5.69 Å². The van der Waals surface area contributed by atoms with Gasteiger partial charge < -0.3 is 15.7 Å². The molecule has 2 unspecified atom stereocenters. The molecule has 0 heterocycles. The van der Waals surface area contributed by atoms with Gasteiger partial charge in [0.1, 0.15) is 0 Å². The van der Waals surface area contributed by atoms with Gasteiger partial charge in [0, 0.05) is 25.3 Å². The van der Waals surface area contributed by atoms with Gasteiger partial charge in [0.15, 0.2) is 0 Å². The van der Waals surface area contributed by atoms with Gasteiger partial charge in [-0.05, 0) is 50.7 Å². The molecule has 1 aromatic rings. The number of rotatable bonds is 6. The van der Waals surface area contributed by atoms with E-state index in [1.165, 1.54) is 11.3 Å². The molecule has 112 valence electrons. The Morgan fingerprint density at radius 1 is 1.40 bits per heavy atom. The molecule has 0 amide bonds. The Morgan fingerprint density at radius 2 is 2.15 bits per heavy atom. The van der Waals surface area contributed by atoms with E-state index in [2.05, 4.69) is 43.0 Å². The number of hydrogen-bond donors (Lipinski definition) is 2. The van der Waals surface area contributed by atoms with Gasteiger partial charge in [-0.2, -0.15) is 0 Å². The molecule has 0 aliphatic heterocycles. The van der Waals surface area contributed by atoms with Crippen molar-refractivity contribution >= 4 is 5.69 Å². The molecule has 20 heavy (non-hydrogen) atoms. The molecule has 2 rings (SSSR count). The van der Waals surface area contributed by atoms with Crippen LogP contribution in [0.3, 0.4) is 0 Å². The molecule has 1 aliphatic carbocycles. The highest BCUT2D eigenvalue weighted by molar-refractivity contribution is 5.52. The van der Waals surface area contributed by atoms with Crippen LogP contribution in [0.5, 0.6) is 0 Å². The van der Waals surface area contributed by atoms with Crippen LogP contribution in [-0.2, 0) is 0 Å². The minimum Gasteiger partial charge on any atom is -0.388 e. The van der Waals surface area contributed by atoms with Gasteiger partial charge in [0.2, 0.25) is 0 Å². The minimum absolute atomic E-state index is 0.352. The SMILES string of the molecule is CCN(CCC1CCCC1(O)CN)c1ccccc1C. The Labute approximate surface area is 122 Å². The molecule has 3 N–H and O–H groups in total. The number of aliphatic hydroxyl groups is 1. The number of aryl methyl sites for hydroxylation is 1. The molecule has 3 nitrogen and oxygen atoms in total. The van der Waals surface area contributed by atoms with Gasteiger partial charge in [-0.25, -0.2) is 0 Å². The zero-order valence-electron chi connectivity index (χ0n) is 12.8. The summed E-state index contributed by atoms with van der Waals surface area (Å²) >= 11 is 0. The zero-order valence-corrected chi connectivity index (χ0v) is 12.8. The molecule has 1 aliphatic rings. The third-order valence-electron chi connectivity index (χ3n) is 4.86. The summed E-state index contributed by atoms with van der Waals surface area (Å²) in [6, 6.07) is 8.51. The lowest BCUT2D eigenvalue weighted by atomic mass is 9.88. The predicted octanol–water partition coefficient (Wildman–Crippen LogP) is 2.70. The second-order valence-electron chi connectivity index (χ2n) is 6.05. The van der Waals surface area contributed by atoms with Gasteiger partial charge in [-0.15, -0.1) is 0 Å². The van der Waals surface area contributed by atoms with Gasteiger partial charge in [0.25, 0.3) is 0 Å². The summed E-state index contributed by atoms with van der Waals surface area (Å²) in [5, 5.41) is 10.5. The lowest BCUT2D eigenvalue weighted by molar-refractivity contribution is 0.00888. The van der Waals surface area contributed by atoms with Gasteiger partial charge in [-0.1, -0.05) is 24.6 Å². The van der Waals surface area contributed by atoms with Crippen LogP contribution in [0.25, 0.3) is 0 Å². The van der Waals surface area contributed by atoms with Crippen molar-refractivity contribution < 1.29 is 5.11 Å². The van der Waals surface area contributed by atoms with E-state index in [1.807, 2.05) is 0 Å². The summed E-state index contributed by atoms with van der Waals surface area (Å²) in [5.41, 5.74) is 7.77. The van der Waals surface area contributed by atoms with Gasteiger partial charge in [-0.3, -0.25) is 0 Å². The van der Waals surface area contributed by atoms with E-state index in [9.17, 15) is 5.11 Å². The largest absolute Gasteiger partial charge is 0.388 e. The number of para-hydroxylation sites is 1. The molecule has 3 heteroatoms. The Balaban J connectivity index is 2.00. The normalized spacial score (nSPS) is 25.9. The Morgan fingerprint density at radius 3 is 2.80 bits per heavy atom. The van der Waals surface area contributed by atoms with Crippen molar-refractivity contribution in [1.82, 2.24) is 0 Å². The number of nitrogens with two attached hydrogens (primary N) is 1. The minimum atomic E-state index is -0.620. The van der Waals surface area contributed by atoms with Gasteiger partial charge >= 0.3 is 0 Å². The van der Waals surface area contributed by atoms with E-state index in [4.69, 9.17) is 5.73 Å². The first-order valence-corrected chi connectivity index (χ1v) is 7.83. The molecule has 1 fully saturated rings. The summed E-state index contributed by atoms with van der Waals surface area (Å²) in [7, 11) is 0. The van der Waals surface area contributed by atoms with Gasteiger partial charge in [0.05, 0.1) is 5.60 Å². The van der Waals surface area contributed by atoms with Crippen molar-refractivity contribution in [2.75, 3.05) is 24.5 Å². The number of benzene rings is 1. The molecule has 1 saturated carbocycles. The Hall–Kier alpha value is -1.06. The van der Waals surface area contributed by atoms with Crippen molar-refractivity contribution in [3.8, 4) is 0 Å². The molecule has 0 aromatic heterocycles. The van der Waals surface area contributed by atoms with Crippen LogP contribution >= 0.6 is 0 Å². The predicted molar refractivity (Wildman–Crippen MR) is 85.0 cm³/mol. The van der Waals surface area contributed by atoms with E-state index in [0.717, 1.165) is 38.8 Å². The van der Waals surface area contributed by atoms with Crippen LogP contribution in [-0.4, -0.2) is 30.3 Å². The van der Waals surface area contributed by atoms with Crippen molar-refractivity contribution in [1.29, 1.82) is 0 Å². The highest BCUT2D eigenvalue weighted by atomic mass is 16.3. The fraction of sp³-hybridized carbons (Fsp3) is 0.647. The lowest BCUT2D eigenvalue weighted by Crippen LogP contribution is -2.42. The van der Waals surface area contributed by atoms with E-state index in [1.54, 1.807) is 0 Å². The maximum atomic E-state index is 10.5. The van der Waals surface area contributed by atoms with Crippen molar-refractivity contribution in [2.24, 2.45) is 11.7 Å². The lowest BCUT2D eigenvalue weighted by Gasteiger charge is -2.32. The van der Waals surface area contributed by atoms with E-state index in [-0.39, 0.29) is 0 Å². The van der Waals surface area contributed by atoms with Crippen molar-refractivity contribution in [2.45, 2.75) is 45.1 Å². The Bertz CT molecular complexity index is 435. The maximum absolute atomic E-state index is 10.5. The average molecular weight is 276 g/mol. The summed E-state index contributed by atoms with van der Waals surface area (Å²) in [6.07, 6.45) is 4.11. The summed E-state index contributed by atoms with van der Waals surface area (Å²) in [6.45, 7) is 6.74. The summed E-state index contributed by atoms with van der Waals surface area (Å²) in [5.74, 6) is 0.352. The molecule has 0 spiro atoms. The third kappa shape index (κ3) is 3.15. The highest BCUT2D eigenvalue weighted by Crippen LogP contribution is 2.37. The van der Waals surface area contributed by atoms with Crippen molar-refractivity contribution in [3.63, 3.8) is 0 Å². The second-order valence-corrected chi connectivity index (χ2v) is 6.05. The molecule has 1 aromatic carbocycles. The maximum Gasteiger partial charge on any atom is 0.0798 e. The first-order chi connectivity index (χ1) is 9.60. The first kappa shape index (κ1) is 15.3. The smallest absolute Gasteiger partial charge is 0.0798 e. The first-order valence-electron chi connectivity index (χ1n) is 7.83. The topological polar surface area (TPSA) is 49.5 Å². The molecule has 0 bridgehead atoms. The average Bonchev–Trinajstić information content (AvgIpc) is 2.83. The van der Waals surface area contributed by atoms with Crippen molar-refractivity contribution in [3.05, 3.63) is 29.8 Å². The standard InChI is InChI=1S/C17H28N2O/c1-3-19(16-9-5-4-7-14(16)2)12-10-15-8-6-11-17(15,20)13-18/h4-5,7,9,15,20H,3,6,8,10-13,18H2,1-2H3. The van der Waals surface area contributed by atoms with Crippen LogP contribution < -0.4 is 10.6 Å². The number of hydrogen-bond acceptors (Lipinski definition) is 3. The van der Waals surface area contributed by atoms with E-state index >= 15 is 0 Å². The monoisotopic (exact) mass is 276 g/mol.